The summed E-state index contributed by atoms with van der Waals surface area (Å²) in [6.45, 7) is 3.70. The summed E-state index contributed by atoms with van der Waals surface area (Å²) in [5, 5.41) is 0. The highest BCUT2D eigenvalue weighted by Crippen LogP contribution is 2.10. The molecule has 0 spiro atoms. The molecule has 0 radical (unpaired) electrons. The summed E-state index contributed by atoms with van der Waals surface area (Å²) in [5.41, 5.74) is 8.34. The summed E-state index contributed by atoms with van der Waals surface area (Å²) in [6.07, 6.45) is 1.69. The second kappa shape index (κ2) is 2.62. The van der Waals surface area contributed by atoms with E-state index in [0.717, 1.165) is 11.4 Å². The van der Waals surface area contributed by atoms with E-state index in [1.165, 1.54) is 0 Å². The van der Waals surface area contributed by atoms with Crippen molar-refractivity contribution < 1.29 is 0 Å². The first-order valence-electron chi connectivity index (χ1n) is 3.90. The van der Waals surface area contributed by atoms with Gasteiger partial charge in [0.2, 0.25) is 5.95 Å². The third-order valence-electron chi connectivity index (χ3n) is 1.72. The SMILES string of the molecule is Cc1cnc2c(C)nc(N)nc2n1. The van der Waals surface area contributed by atoms with Crippen LogP contribution in [0.25, 0.3) is 11.2 Å². The fourth-order valence-electron chi connectivity index (χ4n) is 1.16. The van der Waals surface area contributed by atoms with Crippen LogP contribution in [0.1, 0.15) is 11.4 Å². The zero-order valence-electron chi connectivity index (χ0n) is 7.44. The van der Waals surface area contributed by atoms with E-state index in [1.807, 2.05) is 13.8 Å². The van der Waals surface area contributed by atoms with Crippen LogP contribution in [0.5, 0.6) is 0 Å². The maximum atomic E-state index is 5.48. The van der Waals surface area contributed by atoms with Gasteiger partial charge in [0.05, 0.1) is 11.4 Å². The molecular weight excluding hydrogens is 166 g/mol. The Labute approximate surface area is 75.1 Å². The zero-order valence-corrected chi connectivity index (χ0v) is 7.44. The Morgan fingerprint density at radius 1 is 1.15 bits per heavy atom. The normalized spacial score (nSPS) is 10.6. The van der Waals surface area contributed by atoms with Gasteiger partial charge in [-0.15, -0.1) is 0 Å². The van der Waals surface area contributed by atoms with Crippen LogP contribution in [0.4, 0.5) is 5.95 Å². The topological polar surface area (TPSA) is 77.6 Å². The maximum Gasteiger partial charge on any atom is 0.222 e. The van der Waals surface area contributed by atoms with Crippen LogP contribution >= 0.6 is 0 Å². The van der Waals surface area contributed by atoms with Gasteiger partial charge in [-0.25, -0.2) is 15.0 Å². The Morgan fingerprint density at radius 2 is 1.92 bits per heavy atom. The lowest BCUT2D eigenvalue weighted by Gasteiger charge is -2.00. The van der Waals surface area contributed by atoms with Crippen LogP contribution in [-0.4, -0.2) is 19.9 Å². The van der Waals surface area contributed by atoms with E-state index in [-0.39, 0.29) is 5.95 Å². The Morgan fingerprint density at radius 3 is 2.69 bits per heavy atom. The average Bonchev–Trinajstić information content (AvgIpc) is 2.02. The van der Waals surface area contributed by atoms with Crippen molar-refractivity contribution >= 4 is 17.1 Å². The fraction of sp³-hybridized carbons (Fsp3) is 0.250. The van der Waals surface area contributed by atoms with Crippen LogP contribution in [0.15, 0.2) is 6.20 Å². The molecule has 0 aliphatic heterocycles. The minimum Gasteiger partial charge on any atom is -0.368 e. The van der Waals surface area contributed by atoms with E-state index >= 15 is 0 Å². The number of anilines is 1. The molecule has 5 nitrogen and oxygen atoms in total. The van der Waals surface area contributed by atoms with Crippen LogP contribution in [0.2, 0.25) is 0 Å². The summed E-state index contributed by atoms with van der Waals surface area (Å²) in [6, 6.07) is 0. The molecule has 2 aromatic rings. The molecule has 5 heteroatoms. The molecule has 0 fully saturated rings. The number of aromatic nitrogens is 4. The van der Waals surface area contributed by atoms with Gasteiger partial charge >= 0.3 is 0 Å². The van der Waals surface area contributed by atoms with E-state index in [4.69, 9.17) is 5.73 Å². The van der Waals surface area contributed by atoms with E-state index < -0.39 is 0 Å². The number of hydrogen-bond donors (Lipinski definition) is 1. The highest BCUT2D eigenvalue weighted by molar-refractivity contribution is 5.72. The van der Waals surface area contributed by atoms with Gasteiger partial charge in [-0.1, -0.05) is 0 Å². The molecule has 0 aliphatic carbocycles. The maximum absolute atomic E-state index is 5.48. The lowest BCUT2D eigenvalue weighted by molar-refractivity contribution is 1.08. The summed E-state index contributed by atoms with van der Waals surface area (Å²) in [5.74, 6) is 0.241. The predicted octanol–water partition coefficient (Wildman–Crippen LogP) is 0.619. The number of nitrogens with two attached hydrogens (primary N) is 1. The molecule has 2 aromatic heterocycles. The number of aryl methyl sites for hydroxylation is 2. The van der Waals surface area contributed by atoms with Gasteiger partial charge in [-0.3, -0.25) is 0 Å². The number of nitrogens with zero attached hydrogens (tertiary/aromatic N) is 4. The van der Waals surface area contributed by atoms with Crippen LogP contribution in [0.3, 0.4) is 0 Å². The molecule has 2 heterocycles. The lowest BCUT2D eigenvalue weighted by Crippen LogP contribution is -2.01. The molecule has 0 aromatic carbocycles. The largest absolute Gasteiger partial charge is 0.368 e. The summed E-state index contributed by atoms with van der Waals surface area (Å²) in [7, 11) is 0. The van der Waals surface area contributed by atoms with Crippen molar-refractivity contribution in [1.82, 2.24) is 19.9 Å². The second-order valence-corrected chi connectivity index (χ2v) is 2.85. The molecule has 0 atom stereocenters. The van der Waals surface area contributed by atoms with Crippen molar-refractivity contribution in [1.29, 1.82) is 0 Å². The predicted molar refractivity (Wildman–Crippen MR) is 49.0 cm³/mol. The highest BCUT2D eigenvalue weighted by atomic mass is 15.0. The molecule has 0 amide bonds. The quantitative estimate of drug-likeness (QED) is 0.635. The Kier molecular flexibility index (Phi) is 1.58. The molecular formula is C8H9N5. The van der Waals surface area contributed by atoms with Gasteiger partial charge in [0.1, 0.15) is 5.52 Å². The summed E-state index contributed by atoms with van der Waals surface area (Å²) < 4.78 is 0. The average molecular weight is 175 g/mol. The first kappa shape index (κ1) is 7.85. The van der Waals surface area contributed by atoms with E-state index in [0.29, 0.717) is 11.2 Å². The van der Waals surface area contributed by atoms with Gasteiger partial charge in [-0.2, -0.15) is 4.98 Å². The molecule has 2 rings (SSSR count). The molecule has 66 valence electrons. The number of rotatable bonds is 0. The molecule has 0 unspecified atom stereocenters. The molecule has 0 saturated heterocycles. The molecule has 0 saturated carbocycles. The zero-order chi connectivity index (χ0) is 9.42. The Balaban J connectivity index is 2.86. The van der Waals surface area contributed by atoms with E-state index in [9.17, 15) is 0 Å². The number of hydrogen-bond acceptors (Lipinski definition) is 5. The third kappa shape index (κ3) is 1.28. The minimum absolute atomic E-state index is 0.241. The number of fused-ring (bicyclic) bond motifs is 1. The summed E-state index contributed by atoms with van der Waals surface area (Å²) >= 11 is 0. The van der Waals surface area contributed by atoms with Crippen LogP contribution in [0, 0.1) is 13.8 Å². The molecule has 0 bridgehead atoms. The van der Waals surface area contributed by atoms with Crippen molar-refractivity contribution in [3.63, 3.8) is 0 Å². The second-order valence-electron chi connectivity index (χ2n) is 2.85. The first-order chi connectivity index (χ1) is 6.16. The minimum atomic E-state index is 0.241. The van der Waals surface area contributed by atoms with Gasteiger partial charge in [0, 0.05) is 6.20 Å². The van der Waals surface area contributed by atoms with Crippen molar-refractivity contribution in [2.45, 2.75) is 13.8 Å². The highest BCUT2D eigenvalue weighted by Gasteiger charge is 2.04. The van der Waals surface area contributed by atoms with Gasteiger partial charge in [0.15, 0.2) is 5.65 Å². The van der Waals surface area contributed by atoms with Crippen molar-refractivity contribution in [2.24, 2.45) is 0 Å². The van der Waals surface area contributed by atoms with E-state index in [1.54, 1.807) is 6.20 Å². The Hall–Kier alpha value is -1.78. The Bertz CT molecular complexity index is 460. The monoisotopic (exact) mass is 175 g/mol. The standard InChI is InChI=1S/C8H9N5/c1-4-3-10-6-5(2)12-8(9)13-7(6)11-4/h3H,1-2H3,(H2,9,11,12,13). The molecule has 0 aliphatic rings. The van der Waals surface area contributed by atoms with Crippen LogP contribution in [-0.2, 0) is 0 Å². The summed E-state index contributed by atoms with van der Waals surface area (Å²) in [4.78, 5) is 16.4. The van der Waals surface area contributed by atoms with Gasteiger partial charge in [-0.05, 0) is 13.8 Å². The van der Waals surface area contributed by atoms with Gasteiger partial charge in [0.25, 0.3) is 0 Å². The fourth-order valence-corrected chi connectivity index (χ4v) is 1.16. The van der Waals surface area contributed by atoms with Crippen molar-refractivity contribution in [3.05, 3.63) is 17.6 Å². The van der Waals surface area contributed by atoms with Crippen molar-refractivity contribution in [3.8, 4) is 0 Å². The van der Waals surface area contributed by atoms with Crippen LogP contribution < -0.4 is 5.73 Å². The third-order valence-corrected chi connectivity index (χ3v) is 1.72. The molecule has 13 heavy (non-hydrogen) atoms. The number of nitrogen functional groups attached to an aromatic ring is 1. The van der Waals surface area contributed by atoms with E-state index in [2.05, 4.69) is 19.9 Å². The smallest absolute Gasteiger partial charge is 0.222 e. The lowest BCUT2D eigenvalue weighted by atomic mass is 10.3. The first-order valence-corrected chi connectivity index (χ1v) is 3.90. The van der Waals surface area contributed by atoms with Gasteiger partial charge < -0.3 is 5.73 Å². The molecule has 2 N–H and O–H groups in total. The van der Waals surface area contributed by atoms with Crippen molar-refractivity contribution in [2.75, 3.05) is 5.73 Å².